The molecule has 4 heteroatoms. The lowest BCUT2D eigenvalue weighted by Gasteiger charge is -2.15. The highest BCUT2D eigenvalue weighted by Crippen LogP contribution is 2.16. The van der Waals surface area contributed by atoms with Crippen molar-refractivity contribution in [1.29, 1.82) is 0 Å². The molecule has 1 atom stereocenters. The Hall–Kier alpha value is -1.42. The third-order valence-electron chi connectivity index (χ3n) is 2.43. The minimum Gasteiger partial charge on any atom is -0.368 e. The molecule has 1 N–H and O–H groups in total. The van der Waals surface area contributed by atoms with Crippen LogP contribution < -0.4 is 5.32 Å². The van der Waals surface area contributed by atoms with Gasteiger partial charge in [-0.05, 0) is 37.5 Å². The molecule has 1 aromatic rings. The number of hydrogen-bond donors (Lipinski definition) is 1. The van der Waals surface area contributed by atoms with E-state index in [-0.39, 0.29) is 11.6 Å². The van der Waals surface area contributed by atoms with E-state index in [1.807, 2.05) is 20.8 Å². The first-order valence-electron chi connectivity index (χ1n) is 6.08. The zero-order valence-electron chi connectivity index (χ0n) is 11.3. The Balaban J connectivity index is 2.61. The highest BCUT2D eigenvalue weighted by molar-refractivity contribution is 5.94. The van der Waals surface area contributed by atoms with E-state index in [0.29, 0.717) is 12.5 Å². The monoisotopic (exact) mass is 253 g/mol. The van der Waals surface area contributed by atoms with E-state index in [4.69, 9.17) is 4.74 Å². The van der Waals surface area contributed by atoms with Crippen LogP contribution in [0.1, 0.15) is 26.3 Å². The van der Waals surface area contributed by atoms with E-state index in [2.05, 4.69) is 5.32 Å². The van der Waals surface area contributed by atoms with Gasteiger partial charge in [0, 0.05) is 6.61 Å². The van der Waals surface area contributed by atoms with Gasteiger partial charge in [-0.2, -0.15) is 0 Å². The van der Waals surface area contributed by atoms with Crippen LogP contribution in [0.5, 0.6) is 0 Å². The summed E-state index contributed by atoms with van der Waals surface area (Å²) in [4.78, 5) is 11.8. The number of amides is 1. The Kier molecular flexibility index (Phi) is 5.28. The molecule has 0 fully saturated rings. The van der Waals surface area contributed by atoms with E-state index in [0.717, 1.165) is 5.56 Å². The maximum atomic E-state index is 13.5. The highest BCUT2D eigenvalue weighted by atomic mass is 19.1. The van der Waals surface area contributed by atoms with E-state index in [1.165, 1.54) is 6.07 Å². The minimum atomic E-state index is -0.590. The molecule has 1 aromatic carbocycles. The van der Waals surface area contributed by atoms with E-state index in [9.17, 15) is 9.18 Å². The Labute approximate surface area is 107 Å². The summed E-state index contributed by atoms with van der Waals surface area (Å²) in [6.45, 7) is 8.01. The molecule has 1 rings (SSSR count). The molecule has 0 aliphatic rings. The summed E-state index contributed by atoms with van der Waals surface area (Å²) in [5.74, 6) is -0.416. The molecular formula is C14H20FNO2. The zero-order chi connectivity index (χ0) is 13.7. The van der Waals surface area contributed by atoms with Crippen LogP contribution in [-0.4, -0.2) is 18.6 Å². The fourth-order valence-corrected chi connectivity index (χ4v) is 1.38. The number of ether oxygens (including phenoxy) is 1. The quantitative estimate of drug-likeness (QED) is 0.875. The van der Waals surface area contributed by atoms with Gasteiger partial charge < -0.3 is 10.1 Å². The summed E-state index contributed by atoms with van der Waals surface area (Å²) in [7, 11) is 0. The number of carbonyl (C=O) groups is 1. The summed E-state index contributed by atoms with van der Waals surface area (Å²) in [5.41, 5.74) is 1.09. The molecule has 0 aliphatic heterocycles. The summed E-state index contributed by atoms with van der Waals surface area (Å²) in [6, 6.07) is 4.59. The number of rotatable bonds is 5. The molecule has 0 spiro atoms. The Morgan fingerprint density at radius 3 is 2.67 bits per heavy atom. The topological polar surface area (TPSA) is 38.3 Å². The Morgan fingerprint density at radius 2 is 2.06 bits per heavy atom. The Bertz CT molecular complexity index is 418. The number of halogens is 1. The van der Waals surface area contributed by atoms with Crippen molar-refractivity contribution in [3.63, 3.8) is 0 Å². The highest BCUT2D eigenvalue weighted by Gasteiger charge is 2.15. The van der Waals surface area contributed by atoms with Crippen LogP contribution in [0.2, 0.25) is 0 Å². The van der Waals surface area contributed by atoms with Crippen LogP contribution in [0.25, 0.3) is 0 Å². The molecule has 0 aliphatic carbocycles. The molecule has 0 aromatic heterocycles. The number of carbonyl (C=O) groups excluding carboxylic acids is 1. The van der Waals surface area contributed by atoms with Crippen molar-refractivity contribution in [1.82, 2.24) is 0 Å². The molecule has 0 bridgehead atoms. The van der Waals surface area contributed by atoms with Crippen molar-refractivity contribution < 1.29 is 13.9 Å². The Morgan fingerprint density at radius 1 is 1.39 bits per heavy atom. The summed E-state index contributed by atoms with van der Waals surface area (Å²) >= 11 is 0. The fraction of sp³-hybridized carbons (Fsp3) is 0.500. The summed E-state index contributed by atoms with van der Waals surface area (Å²) < 4.78 is 18.8. The number of nitrogens with one attached hydrogen (secondary N) is 1. The van der Waals surface area contributed by atoms with Crippen molar-refractivity contribution in [3.8, 4) is 0 Å². The van der Waals surface area contributed by atoms with Gasteiger partial charge in [-0.25, -0.2) is 4.39 Å². The van der Waals surface area contributed by atoms with Gasteiger partial charge in [0.05, 0.1) is 5.69 Å². The van der Waals surface area contributed by atoms with E-state index < -0.39 is 11.9 Å². The van der Waals surface area contributed by atoms with Crippen molar-refractivity contribution in [2.24, 2.45) is 5.92 Å². The van der Waals surface area contributed by atoms with Crippen LogP contribution in [0.15, 0.2) is 18.2 Å². The third-order valence-corrected chi connectivity index (χ3v) is 2.43. The molecule has 0 saturated carbocycles. The van der Waals surface area contributed by atoms with Gasteiger partial charge >= 0.3 is 0 Å². The molecule has 18 heavy (non-hydrogen) atoms. The van der Waals surface area contributed by atoms with Gasteiger partial charge in [0.2, 0.25) is 0 Å². The van der Waals surface area contributed by atoms with Crippen LogP contribution >= 0.6 is 0 Å². The standard InChI is InChI=1S/C14H20FNO2/c1-9(2)8-18-11(4)14(17)16-13-7-10(3)5-6-12(13)15/h5-7,9,11H,8H2,1-4H3,(H,16,17). The number of benzene rings is 1. The second-order valence-electron chi connectivity index (χ2n) is 4.84. The molecule has 100 valence electrons. The van der Waals surface area contributed by atoms with Crippen LogP contribution in [0.4, 0.5) is 10.1 Å². The first-order valence-corrected chi connectivity index (χ1v) is 6.08. The zero-order valence-corrected chi connectivity index (χ0v) is 11.3. The first-order chi connectivity index (χ1) is 8.40. The average molecular weight is 253 g/mol. The van der Waals surface area contributed by atoms with Crippen LogP contribution in [0, 0.1) is 18.7 Å². The first kappa shape index (κ1) is 14.6. The van der Waals surface area contributed by atoms with Gasteiger partial charge in [0.25, 0.3) is 5.91 Å². The molecule has 1 amide bonds. The maximum Gasteiger partial charge on any atom is 0.253 e. The lowest BCUT2D eigenvalue weighted by atomic mass is 10.2. The SMILES string of the molecule is Cc1ccc(F)c(NC(=O)C(C)OCC(C)C)c1. The smallest absolute Gasteiger partial charge is 0.253 e. The third kappa shape index (κ3) is 4.45. The predicted molar refractivity (Wildman–Crippen MR) is 70.0 cm³/mol. The second kappa shape index (κ2) is 6.50. The lowest BCUT2D eigenvalue weighted by molar-refractivity contribution is -0.126. The van der Waals surface area contributed by atoms with Gasteiger partial charge in [0.1, 0.15) is 11.9 Å². The van der Waals surface area contributed by atoms with Crippen molar-refractivity contribution in [2.75, 3.05) is 11.9 Å². The molecule has 0 saturated heterocycles. The normalized spacial score (nSPS) is 12.6. The predicted octanol–water partition coefficient (Wildman–Crippen LogP) is 3.13. The number of aryl methyl sites for hydroxylation is 1. The van der Waals surface area contributed by atoms with Crippen LogP contribution in [0.3, 0.4) is 0 Å². The van der Waals surface area contributed by atoms with Gasteiger partial charge in [-0.15, -0.1) is 0 Å². The van der Waals surface area contributed by atoms with Crippen molar-refractivity contribution in [3.05, 3.63) is 29.6 Å². The number of anilines is 1. The summed E-state index contributed by atoms with van der Waals surface area (Å²) in [6.07, 6.45) is -0.590. The van der Waals surface area contributed by atoms with Gasteiger partial charge in [0.15, 0.2) is 0 Å². The summed E-state index contributed by atoms with van der Waals surface area (Å²) in [5, 5.41) is 2.54. The maximum absolute atomic E-state index is 13.5. The molecular weight excluding hydrogens is 233 g/mol. The van der Waals surface area contributed by atoms with Gasteiger partial charge in [-0.1, -0.05) is 19.9 Å². The fourth-order valence-electron chi connectivity index (χ4n) is 1.38. The van der Waals surface area contributed by atoms with Gasteiger partial charge in [-0.3, -0.25) is 4.79 Å². The molecule has 1 unspecified atom stereocenters. The average Bonchev–Trinajstić information content (AvgIpc) is 2.30. The molecule has 0 heterocycles. The van der Waals surface area contributed by atoms with Crippen LogP contribution in [-0.2, 0) is 9.53 Å². The molecule has 3 nitrogen and oxygen atoms in total. The van der Waals surface area contributed by atoms with Crippen molar-refractivity contribution in [2.45, 2.75) is 33.8 Å². The largest absolute Gasteiger partial charge is 0.368 e. The van der Waals surface area contributed by atoms with E-state index >= 15 is 0 Å². The number of hydrogen-bond acceptors (Lipinski definition) is 2. The minimum absolute atomic E-state index is 0.194. The van der Waals surface area contributed by atoms with Crippen molar-refractivity contribution >= 4 is 11.6 Å². The van der Waals surface area contributed by atoms with E-state index in [1.54, 1.807) is 19.1 Å². The second-order valence-corrected chi connectivity index (χ2v) is 4.84. The lowest BCUT2D eigenvalue weighted by Crippen LogP contribution is -2.29. The molecule has 0 radical (unpaired) electrons.